The second-order valence-electron chi connectivity index (χ2n) is 5.86. The topological polar surface area (TPSA) is 41.6 Å². The summed E-state index contributed by atoms with van der Waals surface area (Å²) in [4.78, 5) is 14.5. The molecule has 2 heterocycles. The van der Waals surface area contributed by atoms with Crippen molar-refractivity contribution in [3.63, 3.8) is 0 Å². The number of rotatable bonds is 5. The van der Waals surface area contributed by atoms with Crippen LogP contribution >= 0.6 is 0 Å². The number of carbonyl (C=O) groups excluding carboxylic acids is 1. The molecule has 1 saturated carbocycles. The maximum Gasteiger partial charge on any atom is 0.240 e. The van der Waals surface area contributed by atoms with Gasteiger partial charge in [0.05, 0.1) is 18.2 Å². The first-order valence-corrected chi connectivity index (χ1v) is 7.46. The first-order chi connectivity index (χ1) is 8.81. The summed E-state index contributed by atoms with van der Waals surface area (Å²) in [5.41, 5.74) is 0. The fraction of sp³-hybridized carbons (Fsp3) is 0.929. The minimum absolute atomic E-state index is 0.0606. The standard InChI is InChI=1S/C14H24N2O2/c1-2-7-15-11-5-8-16(14(11)17)12-6-9-18-13(12)10-3-4-10/h10-13,15H,2-9H2,1H3. The maximum atomic E-state index is 12.4. The molecule has 0 aromatic heterocycles. The van der Waals surface area contributed by atoms with Crippen LogP contribution in [0.2, 0.25) is 0 Å². The molecule has 0 aromatic carbocycles. The Kier molecular flexibility index (Phi) is 3.57. The summed E-state index contributed by atoms with van der Waals surface area (Å²) in [6.45, 7) is 4.83. The first-order valence-electron chi connectivity index (χ1n) is 7.46. The quantitative estimate of drug-likeness (QED) is 0.798. The van der Waals surface area contributed by atoms with E-state index >= 15 is 0 Å². The number of carbonyl (C=O) groups is 1. The van der Waals surface area contributed by atoms with E-state index in [4.69, 9.17) is 4.74 Å². The lowest BCUT2D eigenvalue weighted by atomic mass is 10.0. The zero-order chi connectivity index (χ0) is 12.5. The largest absolute Gasteiger partial charge is 0.376 e. The number of amides is 1. The van der Waals surface area contributed by atoms with Gasteiger partial charge in [0.25, 0.3) is 0 Å². The van der Waals surface area contributed by atoms with Crippen LogP contribution < -0.4 is 5.32 Å². The van der Waals surface area contributed by atoms with Crippen LogP contribution in [0.5, 0.6) is 0 Å². The third kappa shape index (κ3) is 2.28. The Labute approximate surface area is 109 Å². The highest BCUT2D eigenvalue weighted by Crippen LogP contribution is 2.41. The maximum absolute atomic E-state index is 12.4. The summed E-state index contributed by atoms with van der Waals surface area (Å²) in [6, 6.07) is 0.420. The summed E-state index contributed by atoms with van der Waals surface area (Å²) in [5.74, 6) is 1.04. The molecule has 1 amide bonds. The van der Waals surface area contributed by atoms with Crippen LogP contribution in [0.25, 0.3) is 0 Å². The highest BCUT2D eigenvalue weighted by molar-refractivity contribution is 5.84. The van der Waals surface area contributed by atoms with Gasteiger partial charge in [-0.3, -0.25) is 4.79 Å². The van der Waals surface area contributed by atoms with Crippen molar-refractivity contribution in [2.45, 2.75) is 57.2 Å². The van der Waals surface area contributed by atoms with Crippen LogP contribution in [0.1, 0.15) is 39.0 Å². The predicted octanol–water partition coefficient (Wildman–Crippen LogP) is 1.15. The fourth-order valence-electron chi connectivity index (χ4n) is 3.35. The van der Waals surface area contributed by atoms with Crippen LogP contribution in [-0.2, 0) is 9.53 Å². The smallest absolute Gasteiger partial charge is 0.240 e. The average Bonchev–Trinajstić information content (AvgIpc) is 3.00. The van der Waals surface area contributed by atoms with Gasteiger partial charge in [-0.15, -0.1) is 0 Å². The lowest BCUT2D eigenvalue weighted by Gasteiger charge is -2.28. The van der Waals surface area contributed by atoms with Crippen molar-refractivity contribution >= 4 is 5.91 Å². The molecular formula is C14H24N2O2. The normalized spacial score (nSPS) is 36.6. The van der Waals surface area contributed by atoms with Crippen molar-refractivity contribution in [1.29, 1.82) is 0 Å². The molecule has 1 aliphatic carbocycles. The molecule has 4 nitrogen and oxygen atoms in total. The van der Waals surface area contributed by atoms with Crippen LogP contribution in [0.3, 0.4) is 0 Å². The van der Waals surface area contributed by atoms with E-state index in [9.17, 15) is 4.79 Å². The molecule has 0 spiro atoms. The zero-order valence-corrected chi connectivity index (χ0v) is 11.2. The minimum atomic E-state index is 0.0606. The van der Waals surface area contributed by atoms with Crippen LogP contribution in [0.4, 0.5) is 0 Å². The van der Waals surface area contributed by atoms with E-state index in [2.05, 4.69) is 17.1 Å². The third-order valence-corrected chi connectivity index (χ3v) is 4.47. The predicted molar refractivity (Wildman–Crippen MR) is 69.3 cm³/mol. The van der Waals surface area contributed by atoms with Gasteiger partial charge in [-0.2, -0.15) is 0 Å². The third-order valence-electron chi connectivity index (χ3n) is 4.47. The SMILES string of the molecule is CCCNC1CCN(C2CCOC2C2CC2)C1=O. The number of nitrogens with zero attached hydrogens (tertiary/aromatic N) is 1. The van der Waals surface area contributed by atoms with Crippen molar-refractivity contribution in [3.05, 3.63) is 0 Å². The van der Waals surface area contributed by atoms with E-state index in [1.165, 1.54) is 12.8 Å². The lowest BCUT2D eigenvalue weighted by molar-refractivity contribution is -0.132. The summed E-state index contributed by atoms with van der Waals surface area (Å²) in [7, 11) is 0. The summed E-state index contributed by atoms with van der Waals surface area (Å²) >= 11 is 0. The fourth-order valence-corrected chi connectivity index (χ4v) is 3.35. The molecule has 102 valence electrons. The van der Waals surface area contributed by atoms with E-state index < -0.39 is 0 Å². The number of hydrogen-bond donors (Lipinski definition) is 1. The van der Waals surface area contributed by atoms with Crippen molar-refractivity contribution < 1.29 is 9.53 Å². The van der Waals surface area contributed by atoms with Gasteiger partial charge >= 0.3 is 0 Å². The van der Waals surface area contributed by atoms with Gasteiger partial charge in [-0.05, 0) is 44.6 Å². The van der Waals surface area contributed by atoms with Gasteiger partial charge in [-0.25, -0.2) is 0 Å². The Hall–Kier alpha value is -0.610. The van der Waals surface area contributed by atoms with E-state index in [1.54, 1.807) is 0 Å². The molecule has 3 rings (SSSR count). The summed E-state index contributed by atoms with van der Waals surface area (Å²) < 4.78 is 5.85. The summed E-state index contributed by atoms with van der Waals surface area (Å²) in [6.07, 6.45) is 6.00. The van der Waals surface area contributed by atoms with Gasteiger partial charge < -0.3 is 15.0 Å². The monoisotopic (exact) mass is 252 g/mol. The molecule has 3 fully saturated rings. The highest BCUT2D eigenvalue weighted by atomic mass is 16.5. The number of nitrogens with one attached hydrogen (secondary N) is 1. The van der Waals surface area contributed by atoms with Crippen LogP contribution in [0.15, 0.2) is 0 Å². The van der Waals surface area contributed by atoms with Gasteiger partial charge in [0.15, 0.2) is 0 Å². The highest BCUT2D eigenvalue weighted by Gasteiger charge is 2.46. The van der Waals surface area contributed by atoms with Crippen molar-refractivity contribution in [2.75, 3.05) is 19.7 Å². The van der Waals surface area contributed by atoms with E-state index in [1.807, 2.05) is 0 Å². The van der Waals surface area contributed by atoms with E-state index in [-0.39, 0.29) is 6.04 Å². The number of likely N-dealkylation sites (tertiary alicyclic amines) is 1. The van der Waals surface area contributed by atoms with Gasteiger partial charge in [0.2, 0.25) is 5.91 Å². The van der Waals surface area contributed by atoms with E-state index in [0.29, 0.717) is 18.1 Å². The van der Waals surface area contributed by atoms with Crippen molar-refractivity contribution in [3.8, 4) is 0 Å². The molecule has 3 aliphatic rings. The van der Waals surface area contributed by atoms with Gasteiger partial charge in [-0.1, -0.05) is 6.92 Å². The Bertz CT molecular complexity index is 317. The Balaban J connectivity index is 1.60. The molecule has 1 N–H and O–H groups in total. The second-order valence-corrected chi connectivity index (χ2v) is 5.86. The molecule has 0 aromatic rings. The Morgan fingerprint density at radius 1 is 1.33 bits per heavy atom. The van der Waals surface area contributed by atoms with Crippen molar-refractivity contribution in [1.82, 2.24) is 10.2 Å². The Morgan fingerprint density at radius 3 is 2.89 bits per heavy atom. The molecule has 4 heteroatoms. The number of hydrogen-bond acceptors (Lipinski definition) is 3. The molecule has 2 saturated heterocycles. The lowest BCUT2D eigenvalue weighted by Crippen LogP contribution is -2.46. The zero-order valence-electron chi connectivity index (χ0n) is 11.2. The summed E-state index contributed by atoms with van der Waals surface area (Å²) in [5, 5.41) is 3.36. The average molecular weight is 252 g/mol. The molecule has 18 heavy (non-hydrogen) atoms. The Morgan fingerprint density at radius 2 is 2.17 bits per heavy atom. The molecule has 3 unspecified atom stereocenters. The molecular weight excluding hydrogens is 228 g/mol. The van der Waals surface area contributed by atoms with E-state index in [0.717, 1.165) is 44.9 Å². The molecule has 0 radical (unpaired) electrons. The number of ether oxygens (including phenoxy) is 1. The second kappa shape index (κ2) is 5.17. The van der Waals surface area contributed by atoms with Gasteiger partial charge in [0.1, 0.15) is 0 Å². The molecule has 3 atom stereocenters. The van der Waals surface area contributed by atoms with Crippen LogP contribution in [-0.4, -0.2) is 48.7 Å². The first kappa shape index (κ1) is 12.4. The van der Waals surface area contributed by atoms with Crippen LogP contribution in [0, 0.1) is 5.92 Å². The minimum Gasteiger partial charge on any atom is -0.376 e. The van der Waals surface area contributed by atoms with Gasteiger partial charge in [0, 0.05) is 13.2 Å². The molecule has 0 bridgehead atoms. The molecule has 2 aliphatic heterocycles. The van der Waals surface area contributed by atoms with Crippen molar-refractivity contribution in [2.24, 2.45) is 5.92 Å².